The Bertz CT molecular complexity index is 798. The summed E-state index contributed by atoms with van der Waals surface area (Å²) in [6, 6.07) is 7.10. The van der Waals surface area contributed by atoms with Crippen LogP contribution in [-0.2, 0) is 21.3 Å². The number of nitrogens with one attached hydrogen (secondary N) is 1. The summed E-state index contributed by atoms with van der Waals surface area (Å²) in [7, 11) is 0. The Morgan fingerprint density at radius 2 is 2.08 bits per heavy atom. The van der Waals surface area contributed by atoms with Crippen molar-refractivity contribution in [2.24, 2.45) is 11.8 Å². The van der Waals surface area contributed by atoms with Crippen LogP contribution in [0.25, 0.3) is 0 Å². The Kier molecular flexibility index (Phi) is 3.35. The molecule has 2 aliphatic carbocycles. The zero-order chi connectivity index (χ0) is 17.1. The molecule has 132 valence electrons. The van der Waals surface area contributed by atoms with Gasteiger partial charge < -0.3 is 9.47 Å². The number of aryl methyl sites for hydroxylation is 1. The third-order valence-corrected chi connectivity index (χ3v) is 6.80. The van der Waals surface area contributed by atoms with Crippen molar-refractivity contribution in [1.29, 1.82) is 0 Å². The van der Waals surface area contributed by atoms with Gasteiger partial charge in [-0.05, 0) is 48.4 Å². The Labute approximate surface area is 146 Å². The molecule has 1 aliphatic heterocycles. The smallest absolute Gasteiger partial charge is 0.171 e. The minimum absolute atomic E-state index is 0.182. The maximum absolute atomic E-state index is 14.1. The number of aromatic nitrogens is 2. The Morgan fingerprint density at radius 1 is 1.24 bits per heavy atom. The monoisotopic (exact) mass is 342 g/mol. The van der Waals surface area contributed by atoms with Gasteiger partial charge in [-0.1, -0.05) is 19.1 Å². The average Bonchev–Trinajstić information content (AvgIpc) is 3.28. The number of hydrogen-bond donors (Lipinski definition) is 1. The Balaban J connectivity index is 1.69. The van der Waals surface area contributed by atoms with Crippen molar-refractivity contribution in [3.63, 3.8) is 0 Å². The lowest BCUT2D eigenvalue weighted by molar-refractivity contribution is -0.232. The molecule has 2 aromatic rings. The summed E-state index contributed by atoms with van der Waals surface area (Å²) in [5.74, 6) is -0.0879. The second-order valence-corrected chi connectivity index (χ2v) is 7.69. The topological polar surface area (TPSA) is 47.1 Å². The molecule has 1 N–H and O–H groups in total. The van der Waals surface area contributed by atoms with E-state index in [2.05, 4.69) is 23.2 Å². The molecule has 5 rings (SSSR count). The fourth-order valence-electron chi connectivity index (χ4n) is 5.67. The molecule has 0 bridgehead atoms. The van der Waals surface area contributed by atoms with Crippen molar-refractivity contribution in [3.05, 3.63) is 53.1 Å². The summed E-state index contributed by atoms with van der Waals surface area (Å²) in [5, 5.41) is 7.58. The van der Waals surface area contributed by atoms with Crippen LogP contribution >= 0.6 is 0 Å². The predicted octanol–water partition coefficient (Wildman–Crippen LogP) is 3.57. The van der Waals surface area contributed by atoms with E-state index in [-0.39, 0.29) is 17.2 Å². The van der Waals surface area contributed by atoms with Crippen LogP contribution in [0.1, 0.15) is 43.0 Å². The second kappa shape index (κ2) is 5.39. The van der Waals surface area contributed by atoms with E-state index in [1.54, 1.807) is 6.07 Å². The van der Waals surface area contributed by atoms with Gasteiger partial charge in [-0.25, -0.2) is 4.39 Å². The van der Waals surface area contributed by atoms with E-state index in [0.717, 1.165) is 36.9 Å². The van der Waals surface area contributed by atoms with Gasteiger partial charge in [0.15, 0.2) is 5.79 Å². The molecule has 2 fully saturated rings. The minimum atomic E-state index is -0.473. The lowest BCUT2D eigenvalue weighted by Crippen LogP contribution is -2.56. The van der Waals surface area contributed by atoms with Gasteiger partial charge in [-0.3, -0.25) is 5.10 Å². The van der Waals surface area contributed by atoms with Gasteiger partial charge in [-0.2, -0.15) is 5.10 Å². The van der Waals surface area contributed by atoms with Gasteiger partial charge in [0.05, 0.1) is 19.4 Å². The van der Waals surface area contributed by atoms with Gasteiger partial charge in [0.1, 0.15) is 5.82 Å². The highest BCUT2D eigenvalue weighted by molar-refractivity contribution is 5.44. The summed E-state index contributed by atoms with van der Waals surface area (Å²) in [4.78, 5) is 0. The molecule has 1 saturated carbocycles. The summed E-state index contributed by atoms with van der Waals surface area (Å²) >= 11 is 0. The lowest BCUT2D eigenvalue weighted by atomic mass is 9.52. The third kappa shape index (κ3) is 2.02. The SMILES string of the molecule is C[C@H]1[C@@H]2CCc3cn[nH]c3[C@@]2(c2cccc(F)c2)CCC12OCCO2. The number of H-pyrrole nitrogens is 1. The van der Waals surface area contributed by atoms with Crippen molar-refractivity contribution >= 4 is 0 Å². The van der Waals surface area contributed by atoms with Gasteiger partial charge >= 0.3 is 0 Å². The predicted molar refractivity (Wildman–Crippen MR) is 90.6 cm³/mol. The molecule has 4 nitrogen and oxygen atoms in total. The van der Waals surface area contributed by atoms with Crippen molar-refractivity contribution in [2.45, 2.75) is 43.8 Å². The second-order valence-electron chi connectivity index (χ2n) is 7.69. The van der Waals surface area contributed by atoms with E-state index in [0.29, 0.717) is 19.1 Å². The van der Waals surface area contributed by atoms with Crippen molar-refractivity contribution < 1.29 is 13.9 Å². The molecule has 1 spiro atoms. The largest absolute Gasteiger partial charge is 0.347 e. The maximum atomic E-state index is 14.1. The zero-order valence-corrected chi connectivity index (χ0v) is 14.4. The summed E-state index contributed by atoms with van der Waals surface area (Å²) in [6.45, 7) is 3.57. The molecule has 25 heavy (non-hydrogen) atoms. The number of halogens is 1. The fraction of sp³-hybridized carbons (Fsp3) is 0.550. The van der Waals surface area contributed by atoms with Crippen LogP contribution in [0.15, 0.2) is 30.5 Å². The van der Waals surface area contributed by atoms with Crippen LogP contribution in [0.2, 0.25) is 0 Å². The van der Waals surface area contributed by atoms with E-state index in [9.17, 15) is 4.39 Å². The molecule has 1 aromatic heterocycles. The Hall–Kier alpha value is -1.72. The molecule has 3 atom stereocenters. The molecular formula is C20H23FN2O2. The first-order chi connectivity index (χ1) is 12.2. The van der Waals surface area contributed by atoms with E-state index >= 15 is 0 Å². The van der Waals surface area contributed by atoms with Crippen LogP contribution in [0.3, 0.4) is 0 Å². The van der Waals surface area contributed by atoms with E-state index in [4.69, 9.17) is 9.47 Å². The quantitative estimate of drug-likeness (QED) is 0.862. The summed E-state index contributed by atoms with van der Waals surface area (Å²) in [6.07, 6.45) is 5.66. The maximum Gasteiger partial charge on any atom is 0.171 e. The summed E-state index contributed by atoms with van der Waals surface area (Å²) in [5.41, 5.74) is 3.22. The fourth-order valence-corrected chi connectivity index (χ4v) is 5.67. The molecule has 1 saturated heterocycles. The normalized spacial score (nSPS) is 33.2. The third-order valence-electron chi connectivity index (χ3n) is 6.80. The Morgan fingerprint density at radius 3 is 2.88 bits per heavy atom. The highest BCUT2D eigenvalue weighted by atomic mass is 19.1. The average molecular weight is 342 g/mol. The molecular weight excluding hydrogens is 319 g/mol. The molecule has 5 heteroatoms. The molecule has 0 radical (unpaired) electrons. The highest BCUT2D eigenvalue weighted by Gasteiger charge is 2.60. The van der Waals surface area contributed by atoms with Crippen LogP contribution in [-0.4, -0.2) is 29.2 Å². The van der Waals surface area contributed by atoms with Crippen molar-refractivity contribution in [1.82, 2.24) is 10.2 Å². The van der Waals surface area contributed by atoms with E-state index in [1.165, 1.54) is 11.6 Å². The van der Waals surface area contributed by atoms with Gasteiger partial charge in [0, 0.05) is 23.4 Å². The van der Waals surface area contributed by atoms with Gasteiger partial charge in [0.25, 0.3) is 0 Å². The van der Waals surface area contributed by atoms with Crippen molar-refractivity contribution in [2.75, 3.05) is 13.2 Å². The van der Waals surface area contributed by atoms with E-state index < -0.39 is 5.79 Å². The van der Waals surface area contributed by atoms with Gasteiger partial charge in [-0.15, -0.1) is 0 Å². The number of fused-ring (bicyclic) bond motifs is 3. The molecule has 1 aromatic carbocycles. The number of ether oxygens (including phenoxy) is 2. The number of benzene rings is 1. The first-order valence-electron chi connectivity index (χ1n) is 9.22. The van der Waals surface area contributed by atoms with Crippen LogP contribution in [0, 0.1) is 17.7 Å². The number of aromatic amines is 1. The first kappa shape index (κ1) is 15.5. The number of nitrogens with zero attached hydrogens (tertiary/aromatic N) is 1. The van der Waals surface area contributed by atoms with Gasteiger partial charge in [0.2, 0.25) is 0 Å². The van der Waals surface area contributed by atoms with E-state index in [1.807, 2.05) is 12.3 Å². The molecule has 3 aliphatic rings. The van der Waals surface area contributed by atoms with Crippen molar-refractivity contribution in [3.8, 4) is 0 Å². The van der Waals surface area contributed by atoms with Crippen LogP contribution in [0.5, 0.6) is 0 Å². The van der Waals surface area contributed by atoms with Crippen LogP contribution < -0.4 is 0 Å². The molecule has 0 amide bonds. The number of hydrogen-bond acceptors (Lipinski definition) is 3. The molecule has 2 heterocycles. The summed E-state index contributed by atoms with van der Waals surface area (Å²) < 4.78 is 26.3. The minimum Gasteiger partial charge on any atom is -0.347 e. The highest BCUT2D eigenvalue weighted by Crippen LogP contribution is 2.59. The number of rotatable bonds is 1. The molecule has 0 unspecified atom stereocenters. The first-order valence-corrected chi connectivity index (χ1v) is 9.22. The standard InChI is InChI=1S/C20H23FN2O2/c1-13-17-6-5-14-12-22-23-18(14)19(17,15-3-2-4-16(21)11-15)7-8-20(13)24-9-10-25-20/h2-4,11-13,17H,5-10H2,1H3,(H,22,23)/t13-,17-,19+/m0/s1. The lowest BCUT2D eigenvalue weighted by Gasteiger charge is -2.55. The zero-order valence-electron chi connectivity index (χ0n) is 14.4. The van der Waals surface area contributed by atoms with Crippen LogP contribution in [0.4, 0.5) is 4.39 Å².